The Labute approximate surface area is 176 Å². The normalized spacial score (nSPS) is 16.1. The summed E-state index contributed by atoms with van der Waals surface area (Å²) < 4.78 is 12.8. The molecular weight excluding hydrogens is 376 g/mol. The molecule has 0 saturated heterocycles. The van der Waals surface area contributed by atoms with E-state index in [2.05, 4.69) is 68.3 Å². The van der Waals surface area contributed by atoms with Crippen LogP contribution in [-0.2, 0) is 15.3 Å². The van der Waals surface area contributed by atoms with E-state index in [1.54, 1.807) is 0 Å². The minimum absolute atomic E-state index is 0.517. The lowest BCUT2D eigenvalue weighted by atomic mass is 10.0. The average Bonchev–Trinajstić information content (AvgIpc) is 3.36. The molecule has 2 aliphatic rings. The Morgan fingerprint density at radius 1 is 0.862 bits per heavy atom. The van der Waals surface area contributed by atoms with Crippen molar-refractivity contribution in [1.29, 1.82) is 0 Å². The SMILES string of the molecule is CO[Si](OC)(c1c(N(C)C)ccc2c1Cc1cc(N(C)C)ccc1-2)C1CCCC1. The summed E-state index contributed by atoms with van der Waals surface area (Å²) in [4.78, 5) is 4.41. The van der Waals surface area contributed by atoms with Gasteiger partial charge >= 0.3 is 8.56 Å². The highest BCUT2D eigenvalue weighted by molar-refractivity contribution is 6.84. The molecular formula is C24H34N2O2Si. The zero-order chi connectivity index (χ0) is 20.8. The van der Waals surface area contributed by atoms with Crippen LogP contribution in [0.25, 0.3) is 11.1 Å². The molecule has 156 valence electrons. The third-order valence-corrected chi connectivity index (χ3v) is 11.0. The van der Waals surface area contributed by atoms with E-state index >= 15 is 0 Å². The van der Waals surface area contributed by atoms with Crippen LogP contribution in [0.2, 0.25) is 5.54 Å². The maximum atomic E-state index is 6.42. The summed E-state index contributed by atoms with van der Waals surface area (Å²) in [5, 5.41) is 1.36. The lowest BCUT2D eigenvalue weighted by Crippen LogP contribution is -2.58. The summed E-state index contributed by atoms with van der Waals surface area (Å²) in [6.07, 6.45) is 5.94. The van der Waals surface area contributed by atoms with Gasteiger partial charge in [-0.05, 0) is 59.7 Å². The van der Waals surface area contributed by atoms with Gasteiger partial charge < -0.3 is 18.7 Å². The van der Waals surface area contributed by atoms with Crippen molar-refractivity contribution in [3.8, 4) is 11.1 Å². The molecule has 4 rings (SSSR count). The Kier molecular flexibility index (Phi) is 5.49. The summed E-state index contributed by atoms with van der Waals surface area (Å²) in [5.74, 6) is 0. The first-order chi connectivity index (χ1) is 13.9. The van der Waals surface area contributed by atoms with E-state index < -0.39 is 8.56 Å². The van der Waals surface area contributed by atoms with Crippen molar-refractivity contribution >= 4 is 25.1 Å². The molecule has 0 heterocycles. The van der Waals surface area contributed by atoms with Crippen molar-refractivity contribution in [2.75, 3.05) is 52.2 Å². The minimum Gasteiger partial charge on any atom is -0.394 e. The fourth-order valence-corrected chi connectivity index (χ4v) is 9.55. The first kappa shape index (κ1) is 20.4. The zero-order valence-electron chi connectivity index (χ0n) is 18.7. The van der Waals surface area contributed by atoms with E-state index in [0.717, 1.165) is 6.42 Å². The molecule has 2 aromatic rings. The largest absolute Gasteiger partial charge is 0.394 e. The van der Waals surface area contributed by atoms with Crippen molar-refractivity contribution in [2.45, 2.75) is 37.6 Å². The number of anilines is 2. The molecule has 0 bridgehead atoms. The Balaban J connectivity index is 1.93. The number of fused-ring (bicyclic) bond motifs is 3. The highest BCUT2D eigenvalue weighted by Gasteiger charge is 2.51. The Morgan fingerprint density at radius 3 is 2.10 bits per heavy atom. The van der Waals surface area contributed by atoms with Gasteiger partial charge in [-0.1, -0.05) is 25.0 Å². The summed E-state index contributed by atoms with van der Waals surface area (Å²) in [7, 11) is 9.65. The Bertz CT molecular complexity index is 900. The van der Waals surface area contributed by atoms with Gasteiger partial charge in [-0.25, -0.2) is 0 Å². The molecule has 29 heavy (non-hydrogen) atoms. The number of rotatable bonds is 6. The first-order valence-corrected chi connectivity index (χ1v) is 12.6. The molecule has 0 spiro atoms. The molecule has 4 nitrogen and oxygen atoms in total. The lowest BCUT2D eigenvalue weighted by molar-refractivity contribution is 0.244. The quantitative estimate of drug-likeness (QED) is 0.567. The third-order valence-electron chi connectivity index (χ3n) is 6.88. The standard InChI is InChI=1S/C24H34N2O2Si/c1-25(2)18-11-12-20-17(15-18)16-22-21(20)13-14-23(26(3)4)24(22)29(27-5,28-6)19-9-7-8-10-19/h11-15,19H,7-10,16H2,1-6H3. The van der Waals surface area contributed by atoms with Gasteiger partial charge in [0.25, 0.3) is 0 Å². The van der Waals surface area contributed by atoms with Crippen molar-refractivity contribution < 1.29 is 8.85 Å². The average molecular weight is 411 g/mol. The van der Waals surface area contributed by atoms with Crippen LogP contribution in [0.1, 0.15) is 36.8 Å². The number of benzene rings is 2. The summed E-state index contributed by atoms with van der Waals surface area (Å²) >= 11 is 0. The van der Waals surface area contributed by atoms with E-state index in [9.17, 15) is 0 Å². The third kappa shape index (κ3) is 3.20. The van der Waals surface area contributed by atoms with Gasteiger partial charge in [0.1, 0.15) is 0 Å². The smallest absolute Gasteiger partial charge is 0.377 e. The summed E-state index contributed by atoms with van der Waals surface area (Å²) in [6.45, 7) is 0. The molecule has 1 fully saturated rings. The molecule has 0 aromatic heterocycles. The van der Waals surface area contributed by atoms with Crippen LogP contribution in [0.15, 0.2) is 30.3 Å². The van der Waals surface area contributed by atoms with E-state index in [1.807, 2.05) is 14.2 Å². The van der Waals surface area contributed by atoms with Crippen LogP contribution in [0.4, 0.5) is 11.4 Å². The molecule has 0 amide bonds. The van der Waals surface area contributed by atoms with Crippen molar-refractivity contribution in [3.05, 3.63) is 41.5 Å². The van der Waals surface area contributed by atoms with Crippen molar-refractivity contribution in [2.24, 2.45) is 0 Å². The van der Waals surface area contributed by atoms with E-state index in [0.29, 0.717) is 5.54 Å². The maximum absolute atomic E-state index is 6.42. The van der Waals surface area contributed by atoms with Crippen LogP contribution < -0.4 is 15.0 Å². The first-order valence-electron chi connectivity index (χ1n) is 10.7. The van der Waals surface area contributed by atoms with Crippen LogP contribution in [0.3, 0.4) is 0 Å². The maximum Gasteiger partial charge on any atom is 0.377 e. The lowest BCUT2D eigenvalue weighted by Gasteiger charge is -2.37. The predicted octanol–water partition coefficient (Wildman–Crippen LogP) is 4.28. The fraction of sp³-hybridized carbons (Fsp3) is 0.500. The molecule has 0 aliphatic heterocycles. The number of hydrogen-bond donors (Lipinski definition) is 0. The van der Waals surface area contributed by atoms with E-state index in [1.165, 1.54) is 64.5 Å². The molecule has 0 unspecified atom stereocenters. The number of hydrogen-bond acceptors (Lipinski definition) is 4. The van der Waals surface area contributed by atoms with Crippen LogP contribution in [-0.4, -0.2) is 51.0 Å². The molecule has 5 heteroatoms. The Morgan fingerprint density at radius 2 is 1.52 bits per heavy atom. The second-order valence-electron chi connectivity index (χ2n) is 8.85. The van der Waals surface area contributed by atoms with Gasteiger partial charge in [0.05, 0.1) is 0 Å². The van der Waals surface area contributed by atoms with Gasteiger partial charge in [0.2, 0.25) is 0 Å². The summed E-state index contributed by atoms with van der Waals surface area (Å²) in [5.41, 5.74) is 8.57. The Hall–Kier alpha value is -1.82. The van der Waals surface area contributed by atoms with Gasteiger partial charge in [0, 0.05) is 64.5 Å². The number of nitrogens with zero attached hydrogens (tertiary/aromatic N) is 2. The van der Waals surface area contributed by atoms with Crippen LogP contribution in [0.5, 0.6) is 0 Å². The molecule has 2 aromatic carbocycles. The molecule has 0 atom stereocenters. The highest BCUT2D eigenvalue weighted by Crippen LogP contribution is 2.45. The van der Waals surface area contributed by atoms with Gasteiger partial charge in [0.15, 0.2) is 0 Å². The van der Waals surface area contributed by atoms with Gasteiger partial charge in [-0.3, -0.25) is 0 Å². The topological polar surface area (TPSA) is 24.9 Å². The minimum atomic E-state index is -2.58. The fourth-order valence-electron chi connectivity index (χ4n) is 5.42. The zero-order valence-corrected chi connectivity index (χ0v) is 19.7. The molecule has 2 aliphatic carbocycles. The van der Waals surface area contributed by atoms with E-state index in [4.69, 9.17) is 8.85 Å². The molecule has 0 radical (unpaired) electrons. The van der Waals surface area contributed by atoms with Crippen LogP contribution in [0, 0.1) is 0 Å². The van der Waals surface area contributed by atoms with Crippen molar-refractivity contribution in [1.82, 2.24) is 0 Å². The van der Waals surface area contributed by atoms with Gasteiger partial charge in [-0.2, -0.15) is 0 Å². The molecule has 0 N–H and O–H groups in total. The monoisotopic (exact) mass is 410 g/mol. The van der Waals surface area contributed by atoms with Gasteiger partial charge in [-0.15, -0.1) is 0 Å². The predicted molar refractivity (Wildman–Crippen MR) is 125 cm³/mol. The van der Waals surface area contributed by atoms with Crippen molar-refractivity contribution in [3.63, 3.8) is 0 Å². The second-order valence-corrected chi connectivity index (χ2v) is 12.3. The molecule has 1 saturated carbocycles. The van der Waals surface area contributed by atoms with Crippen LogP contribution >= 0.6 is 0 Å². The summed E-state index contributed by atoms with van der Waals surface area (Å²) in [6, 6.07) is 11.4. The highest BCUT2D eigenvalue weighted by atomic mass is 28.4. The van der Waals surface area contributed by atoms with E-state index in [-0.39, 0.29) is 0 Å². The second kappa shape index (κ2) is 7.78.